The molecule has 1 heterocycles. The summed E-state index contributed by atoms with van der Waals surface area (Å²) in [6.45, 7) is 3.30. The highest BCUT2D eigenvalue weighted by Gasteiger charge is 2.39. The van der Waals surface area contributed by atoms with Gasteiger partial charge in [0.05, 0.1) is 10.6 Å². The summed E-state index contributed by atoms with van der Waals surface area (Å²) in [5, 5.41) is 14.5. The van der Waals surface area contributed by atoms with Crippen molar-refractivity contribution in [2.75, 3.05) is 10.2 Å². The maximum Gasteiger partial charge on any atom is 0.271 e. The van der Waals surface area contributed by atoms with Gasteiger partial charge in [-0.1, -0.05) is 30.1 Å². The summed E-state index contributed by atoms with van der Waals surface area (Å²) in [5.74, 6) is -0.661. The summed E-state index contributed by atoms with van der Waals surface area (Å²) in [5.41, 5.74) is 0.321. The second-order valence-corrected chi connectivity index (χ2v) is 7.33. The lowest BCUT2D eigenvalue weighted by Gasteiger charge is -2.36. The van der Waals surface area contributed by atoms with Crippen molar-refractivity contribution >= 4 is 52.1 Å². The Bertz CT molecular complexity index is 978. The van der Waals surface area contributed by atoms with Crippen LogP contribution < -0.4 is 15.0 Å². The molecule has 2 aromatic carbocycles. The van der Waals surface area contributed by atoms with Crippen LogP contribution in [0.5, 0.6) is 5.75 Å². The van der Waals surface area contributed by atoms with E-state index in [2.05, 4.69) is 5.32 Å². The van der Waals surface area contributed by atoms with Crippen molar-refractivity contribution < 1.29 is 19.2 Å². The molecular formula is C19H17Cl2N3O5. The van der Waals surface area contributed by atoms with E-state index < -0.39 is 28.9 Å². The molecule has 3 rings (SSSR count). The molecule has 8 nitrogen and oxygen atoms in total. The van der Waals surface area contributed by atoms with Crippen LogP contribution in [0.2, 0.25) is 10.0 Å². The van der Waals surface area contributed by atoms with E-state index in [1.54, 1.807) is 6.92 Å². The molecule has 0 aliphatic carbocycles. The van der Waals surface area contributed by atoms with Crippen LogP contribution in [0, 0.1) is 10.1 Å². The van der Waals surface area contributed by atoms with Gasteiger partial charge < -0.3 is 10.1 Å². The van der Waals surface area contributed by atoms with Crippen LogP contribution in [0.4, 0.5) is 17.1 Å². The summed E-state index contributed by atoms with van der Waals surface area (Å²) >= 11 is 11.9. The molecule has 0 bridgehead atoms. The first-order valence-corrected chi connectivity index (χ1v) is 9.52. The lowest BCUT2D eigenvalue weighted by atomic mass is 10.1. The van der Waals surface area contributed by atoms with Gasteiger partial charge >= 0.3 is 0 Å². The van der Waals surface area contributed by atoms with Crippen molar-refractivity contribution in [1.82, 2.24) is 0 Å². The standard InChI is InChI=1S/C19H17Cl2N3O5/c1-3-16-19(26)23(15-9-14(24(27)28)4-5-17(15)29-16)10(2)18(25)22-13-7-11(20)6-12(21)8-13/h4-10,16H,3H2,1-2H3,(H,22,25). The number of fused-ring (bicyclic) bond motifs is 1. The van der Waals surface area contributed by atoms with Crippen LogP contribution in [0.1, 0.15) is 20.3 Å². The molecule has 0 radical (unpaired) electrons. The fraction of sp³-hybridized carbons (Fsp3) is 0.263. The number of non-ortho nitro benzene ring substituents is 1. The Morgan fingerprint density at radius 2 is 1.93 bits per heavy atom. The summed E-state index contributed by atoms with van der Waals surface area (Å²) in [4.78, 5) is 37.6. The Balaban J connectivity index is 1.96. The minimum atomic E-state index is -0.973. The van der Waals surface area contributed by atoms with Gasteiger partial charge in [-0.15, -0.1) is 0 Å². The SMILES string of the molecule is CCC1Oc2ccc([N+](=O)[O-])cc2N(C(C)C(=O)Nc2cc(Cl)cc(Cl)c2)C1=O. The molecule has 0 saturated heterocycles. The molecule has 0 aromatic heterocycles. The first kappa shape index (κ1) is 20.9. The highest BCUT2D eigenvalue weighted by atomic mass is 35.5. The average molecular weight is 438 g/mol. The van der Waals surface area contributed by atoms with Gasteiger partial charge in [-0.25, -0.2) is 0 Å². The topological polar surface area (TPSA) is 102 Å². The van der Waals surface area contributed by atoms with Gasteiger partial charge in [-0.05, 0) is 37.6 Å². The quantitative estimate of drug-likeness (QED) is 0.550. The second-order valence-electron chi connectivity index (χ2n) is 6.46. The highest BCUT2D eigenvalue weighted by molar-refractivity contribution is 6.35. The predicted octanol–water partition coefficient (Wildman–Crippen LogP) is 4.43. The van der Waals surface area contributed by atoms with E-state index in [0.29, 0.717) is 27.9 Å². The van der Waals surface area contributed by atoms with Crippen molar-refractivity contribution in [2.24, 2.45) is 0 Å². The van der Waals surface area contributed by atoms with Crippen LogP contribution in [-0.2, 0) is 9.59 Å². The Morgan fingerprint density at radius 1 is 1.28 bits per heavy atom. The molecule has 2 aromatic rings. The number of ether oxygens (including phenoxy) is 1. The molecule has 2 unspecified atom stereocenters. The zero-order chi connectivity index (χ0) is 21.3. The number of nitro groups is 1. The highest BCUT2D eigenvalue weighted by Crippen LogP contribution is 2.38. The molecular weight excluding hydrogens is 421 g/mol. The van der Waals surface area contributed by atoms with Gasteiger partial charge in [-0.3, -0.25) is 24.6 Å². The zero-order valence-corrected chi connectivity index (χ0v) is 17.0. The zero-order valence-electron chi connectivity index (χ0n) is 15.5. The maximum absolute atomic E-state index is 12.9. The molecule has 1 aliphatic heterocycles. The lowest BCUT2D eigenvalue weighted by molar-refractivity contribution is -0.384. The predicted molar refractivity (Wildman–Crippen MR) is 110 cm³/mol. The lowest BCUT2D eigenvalue weighted by Crippen LogP contribution is -2.53. The van der Waals surface area contributed by atoms with Gasteiger partial charge in [-0.2, -0.15) is 0 Å². The fourth-order valence-electron chi connectivity index (χ4n) is 3.03. The monoisotopic (exact) mass is 437 g/mol. The van der Waals surface area contributed by atoms with E-state index in [1.165, 1.54) is 48.2 Å². The average Bonchev–Trinajstić information content (AvgIpc) is 2.65. The number of nitrogens with zero attached hydrogens (tertiary/aromatic N) is 2. The Morgan fingerprint density at radius 3 is 2.52 bits per heavy atom. The van der Waals surface area contributed by atoms with Gasteiger partial charge in [0.25, 0.3) is 11.6 Å². The summed E-state index contributed by atoms with van der Waals surface area (Å²) in [6, 6.07) is 7.53. The Kier molecular flexibility index (Phi) is 5.95. The number of carbonyl (C=O) groups is 2. The molecule has 0 fully saturated rings. The van der Waals surface area contributed by atoms with Crippen molar-refractivity contribution in [1.29, 1.82) is 0 Å². The number of benzene rings is 2. The number of carbonyl (C=O) groups excluding carboxylic acids is 2. The third-order valence-electron chi connectivity index (χ3n) is 4.46. The second kappa shape index (κ2) is 8.26. The summed E-state index contributed by atoms with van der Waals surface area (Å²) < 4.78 is 5.66. The summed E-state index contributed by atoms with van der Waals surface area (Å²) in [7, 11) is 0. The van der Waals surface area contributed by atoms with Crippen LogP contribution in [0.15, 0.2) is 36.4 Å². The smallest absolute Gasteiger partial charge is 0.271 e. The minimum absolute atomic E-state index is 0.167. The maximum atomic E-state index is 12.9. The molecule has 10 heteroatoms. The first-order valence-electron chi connectivity index (χ1n) is 8.76. The van der Waals surface area contributed by atoms with Crippen molar-refractivity contribution in [3.8, 4) is 5.75 Å². The number of halogens is 2. The molecule has 2 amide bonds. The number of hydrogen-bond acceptors (Lipinski definition) is 5. The Hall–Kier alpha value is -2.84. The van der Waals surface area contributed by atoms with E-state index >= 15 is 0 Å². The third kappa shape index (κ3) is 4.28. The van der Waals surface area contributed by atoms with Crippen molar-refractivity contribution in [3.63, 3.8) is 0 Å². The van der Waals surface area contributed by atoms with E-state index in [-0.39, 0.29) is 11.4 Å². The number of anilines is 2. The van der Waals surface area contributed by atoms with E-state index in [9.17, 15) is 19.7 Å². The van der Waals surface area contributed by atoms with E-state index in [4.69, 9.17) is 27.9 Å². The van der Waals surface area contributed by atoms with Crippen LogP contribution in [0.25, 0.3) is 0 Å². The van der Waals surface area contributed by atoms with E-state index in [0.717, 1.165) is 0 Å². The van der Waals surface area contributed by atoms with Crippen LogP contribution in [-0.4, -0.2) is 28.9 Å². The minimum Gasteiger partial charge on any atom is -0.478 e. The number of rotatable bonds is 5. The largest absolute Gasteiger partial charge is 0.478 e. The molecule has 0 saturated carbocycles. The number of nitro benzene ring substituents is 1. The summed E-state index contributed by atoms with van der Waals surface area (Å²) in [6.07, 6.45) is -0.413. The third-order valence-corrected chi connectivity index (χ3v) is 4.90. The van der Waals surface area contributed by atoms with Gasteiger partial charge in [0.15, 0.2) is 6.10 Å². The van der Waals surface area contributed by atoms with Crippen LogP contribution >= 0.6 is 23.2 Å². The molecule has 1 N–H and O–H groups in total. The number of nitrogens with one attached hydrogen (secondary N) is 1. The van der Waals surface area contributed by atoms with Crippen LogP contribution in [0.3, 0.4) is 0 Å². The van der Waals surface area contributed by atoms with Gasteiger partial charge in [0, 0.05) is 27.9 Å². The molecule has 29 heavy (non-hydrogen) atoms. The van der Waals surface area contributed by atoms with E-state index in [1.807, 2.05) is 0 Å². The van der Waals surface area contributed by atoms with Crippen molar-refractivity contribution in [2.45, 2.75) is 32.4 Å². The number of amides is 2. The molecule has 1 aliphatic rings. The first-order chi connectivity index (χ1) is 13.7. The van der Waals surface area contributed by atoms with Gasteiger partial charge in [0.2, 0.25) is 5.91 Å². The normalized spacial score (nSPS) is 16.6. The molecule has 0 spiro atoms. The van der Waals surface area contributed by atoms with Gasteiger partial charge in [0.1, 0.15) is 11.8 Å². The molecule has 2 atom stereocenters. The Labute approximate surface area is 176 Å². The number of hydrogen-bond donors (Lipinski definition) is 1. The molecule has 152 valence electrons. The fourth-order valence-corrected chi connectivity index (χ4v) is 3.56. The van der Waals surface area contributed by atoms with Crippen molar-refractivity contribution in [3.05, 3.63) is 56.6 Å².